The maximum Gasteiger partial charge on any atom is 0.224 e. The summed E-state index contributed by atoms with van der Waals surface area (Å²) >= 11 is 0. The monoisotopic (exact) mass is 327 g/mol. The van der Waals surface area contributed by atoms with Gasteiger partial charge < -0.3 is 16.0 Å². The number of carbonyl (C=O) groups is 1. The number of aromatic nitrogens is 2. The number of hydrogen-bond donors (Lipinski definition) is 3. The molecule has 0 fully saturated rings. The van der Waals surface area contributed by atoms with Gasteiger partial charge in [-0.2, -0.15) is 4.98 Å². The first-order valence-corrected chi connectivity index (χ1v) is 8.31. The zero-order valence-corrected chi connectivity index (χ0v) is 14.3. The summed E-state index contributed by atoms with van der Waals surface area (Å²) < 4.78 is 0. The lowest BCUT2D eigenvalue weighted by molar-refractivity contribution is -0.120. The zero-order valence-electron chi connectivity index (χ0n) is 14.3. The van der Waals surface area contributed by atoms with E-state index >= 15 is 0 Å². The largest absolute Gasteiger partial charge is 0.368 e. The number of rotatable bonds is 9. The van der Waals surface area contributed by atoms with Gasteiger partial charge in [0.2, 0.25) is 11.9 Å². The van der Waals surface area contributed by atoms with Crippen LogP contribution >= 0.6 is 0 Å². The van der Waals surface area contributed by atoms with E-state index < -0.39 is 0 Å². The molecule has 0 atom stereocenters. The Morgan fingerprint density at radius 2 is 1.88 bits per heavy atom. The van der Waals surface area contributed by atoms with Crippen LogP contribution in [0.5, 0.6) is 0 Å². The number of benzene rings is 1. The highest BCUT2D eigenvalue weighted by Gasteiger charge is 2.03. The molecule has 2 aromatic rings. The topological polar surface area (TPSA) is 78.9 Å². The summed E-state index contributed by atoms with van der Waals surface area (Å²) in [7, 11) is 0. The van der Waals surface area contributed by atoms with Gasteiger partial charge in [-0.15, -0.1) is 0 Å². The number of nitrogens with zero attached hydrogens (tertiary/aromatic N) is 2. The highest BCUT2D eigenvalue weighted by Crippen LogP contribution is 2.08. The molecule has 0 spiro atoms. The smallest absolute Gasteiger partial charge is 0.224 e. The Hall–Kier alpha value is -2.63. The van der Waals surface area contributed by atoms with E-state index in [4.69, 9.17) is 0 Å². The summed E-state index contributed by atoms with van der Waals surface area (Å²) in [4.78, 5) is 20.5. The molecule has 1 amide bonds. The van der Waals surface area contributed by atoms with Crippen LogP contribution in [-0.2, 0) is 11.2 Å². The zero-order chi connectivity index (χ0) is 17.2. The van der Waals surface area contributed by atoms with E-state index in [2.05, 4.69) is 25.9 Å². The predicted octanol–water partition coefficient (Wildman–Crippen LogP) is 2.38. The first-order chi connectivity index (χ1) is 11.7. The van der Waals surface area contributed by atoms with Crippen molar-refractivity contribution in [3.05, 3.63) is 47.7 Å². The third kappa shape index (κ3) is 6.24. The van der Waals surface area contributed by atoms with E-state index in [1.807, 2.05) is 50.2 Å². The van der Waals surface area contributed by atoms with Crippen LogP contribution in [0.1, 0.15) is 24.6 Å². The van der Waals surface area contributed by atoms with Crippen molar-refractivity contribution in [2.45, 2.75) is 26.7 Å². The van der Waals surface area contributed by atoms with Gasteiger partial charge in [0.25, 0.3) is 0 Å². The molecular weight excluding hydrogens is 302 g/mol. The highest BCUT2D eigenvalue weighted by atomic mass is 16.1. The Morgan fingerprint density at radius 3 is 2.62 bits per heavy atom. The summed E-state index contributed by atoms with van der Waals surface area (Å²) in [5, 5.41) is 9.22. The minimum Gasteiger partial charge on any atom is -0.368 e. The van der Waals surface area contributed by atoms with E-state index in [1.165, 1.54) is 5.56 Å². The second kappa shape index (κ2) is 9.50. The van der Waals surface area contributed by atoms with Gasteiger partial charge in [0.05, 0.1) is 0 Å². The fourth-order valence-corrected chi connectivity index (χ4v) is 2.28. The average molecular weight is 327 g/mol. The van der Waals surface area contributed by atoms with Gasteiger partial charge >= 0.3 is 0 Å². The van der Waals surface area contributed by atoms with Crippen LogP contribution in [-0.4, -0.2) is 35.5 Å². The predicted molar refractivity (Wildman–Crippen MR) is 97.2 cm³/mol. The van der Waals surface area contributed by atoms with Crippen molar-refractivity contribution in [2.24, 2.45) is 0 Å². The minimum absolute atomic E-state index is 0.0628. The molecule has 6 heteroatoms. The Kier molecular flexibility index (Phi) is 7.01. The van der Waals surface area contributed by atoms with Crippen LogP contribution in [0.3, 0.4) is 0 Å². The van der Waals surface area contributed by atoms with Crippen LogP contribution in [0.25, 0.3) is 0 Å². The minimum atomic E-state index is 0.0628. The van der Waals surface area contributed by atoms with Crippen molar-refractivity contribution < 1.29 is 4.79 Å². The fraction of sp³-hybridized carbons (Fsp3) is 0.389. The molecule has 0 radical (unpaired) electrons. The molecule has 1 aromatic carbocycles. The van der Waals surface area contributed by atoms with E-state index in [-0.39, 0.29) is 5.91 Å². The number of hydrogen-bond acceptors (Lipinski definition) is 5. The van der Waals surface area contributed by atoms with Gasteiger partial charge in [-0.05, 0) is 25.8 Å². The van der Waals surface area contributed by atoms with E-state index in [1.54, 1.807) is 0 Å². The number of nitrogens with one attached hydrogen (secondary N) is 3. The molecule has 0 aliphatic heterocycles. The van der Waals surface area contributed by atoms with Crippen molar-refractivity contribution in [2.75, 3.05) is 30.3 Å². The van der Waals surface area contributed by atoms with Crippen LogP contribution in [0.2, 0.25) is 0 Å². The van der Waals surface area contributed by atoms with Crippen molar-refractivity contribution in [1.82, 2.24) is 15.3 Å². The van der Waals surface area contributed by atoms with Gasteiger partial charge in [-0.25, -0.2) is 4.98 Å². The quantitative estimate of drug-likeness (QED) is 0.616. The second-order valence-corrected chi connectivity index (χ2v) is 5.51. The maximum atomic E-state index is 11.8. The van der Waals surface area contributed by atoms with E-state index in [0.29, 0.717) is 25.5 Å². The molecule has 0 aliphatic carbocycles. The third-order valence-electron chi connectivity index (χ3n) is 3.43. The van der Waals surface area contributed by atoms with Gasteiger partial charge in [0, 0.05) is 37.8 Å². The number of amides is 1. The lowest BCUT2D eigenvalue weighted by Crippen LogP contribution is -2.29. The highest BCUT2D eigenvalue weighted by molar-refractivity contribution is 5.76. The molecule has 0 aliphatic rings. The van der Waals surface area contributed by atoms with E-state index in [0.717, 1.165) is 24.5 Å². The fourth-order valence-electron chi connectivity index (χ4n) is 2.28. The second-order valence-electron chi connectivity index (χ2n) is 5.51. The number of carbonyl (C=O) groups excluding carboxylic acids is 1. The Bertz CT molecular complexity index is 645. The van der Waals surface area contributed by atoms with E-state index in [9.17, 15) is 4.79 Å². The molecule has 0 unspecified atom stereocenters. The number of anilines is 2. The van der Waals surface area contributed by atoms with Crippen LogP contribution in [0.4, 0.5) is 11.8 Å². The van der Waals surface area contributed by atoms with Crippen molar-refractivity contribution in [1.29, 1.82) is 0 Å². The Balaban J connectivity index is 1.68. The molecule has 0 saturated carbocycles. The standard InChI is InChI=1S/C18H25N5O/c1-3-19-18-22-14(2)13-16(23-18)20-11-12-21-17(24)10-9-15-7-5-4-6-8-15/h4-8,13H,3,9-12H2,1-2H3,(H,21,24)(H2,19,20,22,23). The molecule has 1 aromatic heterocycles. The van der Waals surface area contributed by atoms with Gasteiger partial charge in [-0.1, -0.05) is 30.3 Å². The molecule has 3 N–H and O–H groups in total. The van der Waals surface area contributed by atoms with Crippen LogP contribution < -0.4 is 16.0 Å². The van der Waals surface area contributed by atoms with Gasteiger partial charge in [0.15, 0.2) is 0 Å². The summed E-state index contributed by atoms with van der Waals surface area (Å²) in [6, 6.07) is 11.9. The average Bonchev–Trinajstić information content (AvgIpc) is 2.58. The van der Waals surface area contributed by atoms with Gasteiger partial charge in [0.1, 0.15) is 5.82 Å². The lowest BCUT2D eigenvalue weighted by atomic mass is 10.1. The molecule has 128 valence electrons. The molecule has 0 saturated heterocycles. The Morgan fingerprint density at radius 1 is 1.08 bits per heavy atom. The summed E-state index contributed by atoms with van der Waals surface area (Å²) in [6.07, 6.45) is 1.26. The molecule has 2 rings (SSSR count). The van der Waals surface area contributed by atoms with Crippen molar-refractivity contribution in [3.63, 3.8) is 0 Å². The summed E-state index contributed by atoms with van der Waals surface area (Å²) in [6.45, 7) is 5.90. The summed E-state index contributed by atoms with van der Waals surface area (Å²) in [5.74, 6) is 1.44. The van der Waals surface area contributed by atoms with Gasteiger partial charge in [-0.3, -0.25) is 4.79 Å². The number of aryl methyl sites for hydroxylation is 2. The van der Waals surface area contributed by atoms with Crippen molar-refractivity contribution in [3.8, 4) is 0 Å². The molecule has 6 nitrogen and oxygen atoms in total. The van der Waals surface area contributed by atoms with Crippen LogP contribution in [0.15, 0.2) is 36.4 Å². The molecule has 0 bridgehead atoms. The molecule has 24 heavy (non-hydrogen) atoms. The normalized spacial score (nSPS) is 10.2. The SMILES string of the molecule is CCNc1nc(C)cc(NCCNC(=O)CCc2ccccc2)n1. The Labute approximate surface area is 143 Å². The first kappa shape index (κ1) is 17.7. The molecule has 1 heterocycles. The lowest BCUT2D eigenvalue weighted by Gasteiger charge is -2.10. The van der Waals surface area contributed by atoms with Crippen molar-refractivity contribution >= 4 is 17.7 Å². The first-order valence-electron chi connectivity index (χ1n) is 8.31. The maximum absolute atomic E-state index is 11.8. The third-order valence-corrected chi connectivity index (χ3v) is 3.43. The van der Waals surface area contributed by atoms with Crippen LogP contribution in [0, 0.1) is 6.92 Å². The molecular formula is C18H25N5O. The summed E-state index contributed by atoms with van der Waals surface area (Å²) in [5.41, 5.74) is 2.08.